The van der Waals surface area contributed by atoms with Gasteiger partial charge >= 0.3 is 0 Å². The maximum atomic E-state index is 13.1. The van der Waals surface area contributed by atoms with Crippen LogP contribution in [0.4, 0.5) is 17.5 Å². The van der Waals surface area contributed by atoms with Crippen LogP contribution in [0.2, 0.25) is 0 Å². The van der Waals surface area contributed by atoms with Crippen molar-refractivity contribution in [1.29, 1.82) is 0 Å². The van der Waals surface area contributed by atoms with Gasteiger partial charge in [-0.05, 0) is 56.4 Å². The monoisotopic (exact) mass is 602 g/mol. The van der Waals surface area contributed by atoms with Crippen molar-refractivity contribution in [2.45, 2.75) is 63.7 Å². The number of nitrogens with one attached hydrogen (secondary N) is 3. The number of methoxy groups -OCH3 is 1. The zero-order chi connectivity index (χ0) is 30.1. The number of carbonyl (C=O) groups is 1. The fourth-order valence-electron chi connectivity index (χ4n) is 6.00. The van der Waals surface area contributed by atoms with Gasteiger partial charge in [0.25, 0.3) is 0 Å². The lowest BCUT2D eigenvalue weighted by molar-refractivity contribution is -0.123. The Morgan fingerprint density at radius 2 is 1.91 bits per heavy atom. The highest BCUT2D eigenvalue weighted by atomic mass is 32.1. The summed E-state index contributed by atoms with van der Waals surface area (Å²) >= 11 is 1.71. The summed E-state index contributed by atoms with van der Waals surface area (Å²) in [5.41, 5.74) is 4.67. The number of aromatic nitrogens is 3. The Hall–Kier alpha value is -3.64. The van der Waals surface area contributed by atoms with Gasteiger partial charge in [-0.1, -0.05) is 25.1 Å². The van der Waals surface area contributed by atoms with E-state index in [9.17, 15) is 15.0 Å². The number of thiophene rings is 1. The molecule has 4 aromatic rings. The number of nitrogens with zero attached hydrogens (tertiary/aromatic N) is 3. The Morgan fingerprint density at radius 1 is 1.12 bits per heavy atom. The second kappa shape index (κ2) is 12.5. The molecule has 1 aromatic carbocycles. The van der Waals surface area contributed by atoms with Gasteiger partial charge in [0, 0.05) is 46.4 Å². The van der Waals surface area contributed by atoms with Gasteiger partial charge in [0.2, 0.25) is 11.9 Å². The number of amides is 1. The van der Waals surface area contributed by atoms with Gasteiger partial charge in [-0.25, -0.2) is 4.98 Å². The van der Waals surface area contributed by atoms with Gasteiger partial charge in [-0.3, -0.25) is 9.78 Å². The van der Waals surface area contributed by atoms with Crippen LogP contribution in [0.15, 0.2) is 42.6 Å². The smallest absolute Gasteiger partial charge is 0.230 e. The third kappa shape index (κ3) is 5.95. The first kappa shape index (κ1) is 29.4. The number of carbonyl (C=O) groups excluding carboxylic acids is 1. The van der Waals surface area contributed by atoms with Crippen molar-refractivity contribution in [2.75, 3.05) is 36.2 Å². The lowest BCUT2D eigenvalue weighted by Crippen LogP contribution is -2.37. The van der Waals surface area contributed by atoms with Crippen molar-refractivity contribution in [3.63, 3.8) is 0 Å². The van der Waals surface area contributed by atoms with Crippen LogP contribution in [0.1, 0.15) is 49.1 Å². The number of aliphatic hydroxyl groups is 2. The molecule has 2 fully saturated rings. The number of aryl methyl sites for hydroxylation is 2. The molecule has 0 radical (unpaired) electrons. The highest BCUT2D eigenvalue weighted by molar-refractivity contribution is 7.22. The molecular formula is C32H38N6O4S. The third-order valence-corrected chi connectivity index (χ3v) is 9.55. The van der Waals surface area contributed by atoms with E-state index in [4.69, 9.17) is 19.7 Å². The fourth-order valence-corrected chi connectivity index (χ4v) is 7.39. The number of fused-ring (bicyclic) bond motifs is 1. The highest BCUT2D eigenvalue weighted by Gasteiger charge is 2.45. The molecule has 2 saturated carbocycles. The minimum atomic E-state index is -1.23. The van der Waals surface area contributed by atoms with E-state index in [2.05, 4.69) is 28.9 Å². The third-order valence-electron chi connectivity index (χ3n) is 8.34. The van der Waals surface area contributed by atoms with E-state index in [1.165, 1.54) is 21.3 Å². The van der Waals surface area contributed by atoms with Crippen LogP contribution in [-0.4, -0.2) is 69.6 Å². The molecule has 0 saturated heterocycles. The van der Waals surface area contributed by atoms with E-state index < -0.39 is 24.2 Å². The zero-order valence-corrected chi connectivity index (χ0v) is 25.4. The van der Waals surface area contributed by atoms with Crippen LogP contribution in [-0.2, 0) is 16.0 Å². The van der Waals surface area contributed by atoms with Crippen LogP contribution in [0, 0.1) is 12.8 Å². The van der Waals surface area contributed by atoms with E-state index in [-0.39, 0.29) is 12.3 Å². The average Bonchev–Trinajstić information content (AvgIpc) is 3.73. The number of benzene rings is 1. The largest absolute Gasteiger partial charge is 0.390 e. The average molecular weight is 603 g/mol. The lowest BCUT2D eigenvalue weighted by atomic mass is 10.0. The molecule has 6 rings (SSSR count). The predicted octanol–water partition coefficient (Wildman–Crippen LogP) is 4.72. The standard InChI is InChI=1S/C32H38N6O4S/c1-4-20-25-23(12-13-33-26(25)18-10-11-18)43-29(20)24-17(2)35-32(34-14-15-42-3)38-30(24)37-22-16-21(27(39)28(22)40)31(41)36-19-8-6-5-7-9-19/h5-9,12-13,18,21-22,27-28,39-40H,4,10-11,14-16H2,1-3H3,(H,36,41)(H2,34,35,37,38). The van der Waals surface area contributed by atoms with E-state index >= 15 is 0 Å². The normalized spacial score (nSPS) is 21.7. The molecule has 226 valence electrons. The van der Waals surface area contributed by atoms with Gasteiger partial charge < -0.3 is 30.9 Å². The van der Waals surface area contributed by atoms with E-state index in [1.54, 1.807) is 30.6 Å². The number of hydrogen-bond donors (Lipinski definition) is 5. The van der Waals surface area contributed by atoms with Crippen LogP contribution in [0.25, 0.3) is 20.5 Å². The molecule has 2 aliphatic rings. The number of hydrogen-bond acceptors (Lipinski definition) is 10. The molecule has 4 unspecified atom stereocenters. The SMILES string of the molecule is CCc1c(-c2c(C)nc(NCCOC)nc2NC2CC(C(=O)Nc3ccccc3)C(O)C2O)sc2ccnc(C3CC3)c12. The maximum Gasteiger partial charge on any atom is 0.230 e. The minimum Gasteiger partial charge on any atom is -0.390 e. The first-order chi connectivity index (χ1) is 20.9. The number of para-hydroxylation sites is 1. The number of ether oxygens (including phenoxy) is 1. The van der Waals surface area contributed by atoms with Crippen molar-refractivity contribution in [3.05, 3.63) is 59.5 Å². The molecule has 2 aliphatic carbocycles. The molecular weight excluding hydrogens is 564 g/mol. The van der Waals surface area contributed by atoms with Crippen LogP contribution < -0.4 is 16.0 Å². The van der Waals surface area contributed by atoms with Gasteiger partial charge in [-0.15, -0.1) is 11.3 Å². The summed E-state index contributed by atoms with van der Waals surface area (Å²) in [6, 6.07) is 10.6. The first-order valence-electron chi connectivity index (χ1n) is 14.9. The molecule has 10 nitrogen and oxygen atoms in total. The quantitative estimate of drug-likeness (QED) is 0.154. The Morgan fingerprint density at radius 3 is 2.63 bits per heavy atom. The molecule has 0 bridgehead atoms. The first-order valence-corrected chi connectivity index (χ1v) is 15.7. The van der Waals surface area contributed by atoms with Crippen molar-refractivity contribution in [3.8, 4) is 10.4 Å². The molecule has 3 heterocycles. The summed E-state index contributed by atoms with van der Waals surface area (Å²) < 4.78 is 6.38. The van der Waals surface area contributed by atoms with Gasteiger partial charge in [0.05, 0.1) is 41.6 Å². The Bertz CT molecular complexity index is 1610. The van der Waals surface area contributed by atoms with Gasteiger partial charge in [-0.2, -0.15) is 4.98 Å². The number of pyridine rings is 1. The topological polar surface area (TPSA) is 142 Å². The summed E-state index contributed by atoms with van der Waals surface area (Å²) in [5.74, 6) is 0.372. The van der Waals surface area contributed by atoms with Crippen molar-refractivity contribution in [2.24, 2.45) is 5.92 Å². The Kier molecular flexibility index (Phi) is 8.58. The molecule has 3 aromatic heterocycles. The Balaban J connectivity index is 1.36. The fraction of sp³-hybridized carbons (Fsp3) is 0.438. The maximum absolute atomic E-state index is 13.1. The zero-order valence-electron chi connectivity index (χ0n) is 24.6. The molecule has 0 aliphatic heterocycles. The summed E-state index contributed by atoms with van der Waals surface area (Å²) in [7, 11) is 1.64. The van der Waals surface area contributed by atoms with E-state index in [0.717, 1.165) is 35.4 Å². The lowest BCUT2D eigenvalue weighted by Gasteiger charge is -2.22. The predicted molar refractivity (Wildman–Crippen MR) is 170 cm³/mol. The molecule has 4 atom stereocenters. The summed E-state index contributed by atoms with van der Waals surface area (Å²) in [6.07, 6.45) is 2.89. The second-order valence-electron chi connectivity index (χ2n) is 11.3. The van der Waals surface area contributed by atoms with Gasteiger partial charge in [0.1, 0.15) is 11.9 Å². The highest BCUT2D eigenvalue weighted by Crippen LogP contribution is 2.49. The molecule has 0 spiro atoms. The van der Waals surface area contributed by atoms with E-state index in [1.807, 2.05) is 31.3 Å². The number of aliphatic hydroxyl groups excluding tert-OH is 2. The number of anilines is 3. The van der Waals surface area contributed by atoms with Crippen LogP contribution in [0.3, 0.4) is 0 Å². The van der Waals surface area contributed by atoms with Crippen molar-refractivity contribution in [1.82, 2.24) is 15.0 Å². The minimum absolute atomic E-state index is 0.235. The van der Waals surface area contributed by atoms with Crippen molar-refractivity contribution < 1.29 is 19.7 Å². The van der Waals surface area contributed by atoms with E-state index in [0.29, 0.717) is 36.5 Å². The van der Waals surface area contributed by atoms with Crippen molar-refractivity contribution >= 4 is 44.8 Å². The summed E-state index contributed by atoms with van der Waals surface area (Å²) in [5, 5.41) is 32.8. The Labute approximate surface area is 255 Å². The number of rotatable bonds is 11. The van der Waals surface area contributed by atoms with Crippen LogP contribution >= 0.6 is 11.3 Å². The second-order valence-corrected chi connectivity index (χ2v) is 12.4. The molecule has 43 heavy (non-hydrogen) atoms. The molecule has 1 amide bonds. The van der Waals surface area contributed by atoms with Gasteiger partial charge in [0.15, 0.2) is 0 Å². The summed E-state index contributed by atoms with van der Waals surface area (Å²) in [6.45, 7) is 5.14. The van der Waals surface area contributed by atoms with Crippen LogP contribution in [0.5, 0.6) is 0 Å². The summed E-state index contributed by atoms with van der Waals surface area (Å²) in [4.78, 5) is 28.6. The molecule has 5 N–H and O–H groups in total. The molecule has 11 heteroatoms.